The quantitative estimate of drug-likeness (QED) is 0.567. The van der Waals surface area contributed by atoms with Crippen molar-refractivity contribution in [1.82, 2.24) is 0 Å². The van der Waals surface area contributed by atoms with Crippen LogP contribution >= 0.6 is 0 Å². The van der Waals surface area contributed by atoms with Gasteiger partial charge in [0.1, 0.15) is 11.2 Å². The van der Waals surface area contributed by atoms with E-state index >= 15 is 0 Å². The van der Waals surface area contributed by atoms with Crippen molar-refractivity contribution < 1.29 is 24.5 Å². The van der Waals surface area contributed by atoms with E-state index in [-0.39, 0.29) is 18.8 Å². The molecule has 0 spiro atoms. The van der Waals surface area contributed by atoms with E-state index in [1.165, 1.54) is 6.92 Å². The Kier molecular flexibility index (Phi) is 2.78. The van der Waals surface area contributed by atoms with E-state index in [1.807, 2.05) is 0 Å². The van der Waals surface area contributed by atoms with Gasteiger partial charge in [-0.15, -0.1) is 0 Å². The van der Waals surface area contributed by atoms with Crippen molar-refractivity contribution >= 4 is 11.9 Å². The largest absolute Gasteiger partial charge is 0.547 e. The summed E-state index contributed by atoms with van der Waals surface area (Å²) in [4.78, 5) is 21.8. The zero-order valence-electron chi connectivity index (χ0n) is 9.03. The van der Waals surface area contributed by atoms with Gasteiger partial charge in [-0.25, -0.2) is 0 Å². The molecule has 5 heteroatoms. The highest BCUT2D eigenvalue weighted by Gasteiger charge is 2.50. The van der Waals surface area contributed by atoms with Crippen LogP contribution in [-0.2, 0) is 14.3 Å². The lowest BCUT2D eigenvalue weighted by Crippen LogP contribution is -2.55. The maximum Gasteiger partial charge on any atom is 0.111 e. The van der Waals surface area contributed by atoms with Crippen LogP contribution in [0.1, 0.15) is 33.6 Å². The topological polar surface area (TPSA) is 89.5 Å². The Morgan fingerprint density at radius 2 is 1.73 bits per heavy atom. The molecular weight excluding hydrogens is 200 g/mol. The van der Waals surface area contributed by atoms with E-state index in [4.69, 9.17) is 4.74 Å². The molecule has 0 N–H and O–H groups in total. The molecule has 0 aliphatic carbocycles. The summed E-state index contributed by atoms with van der Waals surface area (Å²) in [6, 6.07) is 0. The van der Waals surface area contributed by atoms with Gasteiger partial charge in [-0.3, -0.25) is 0 Å². The number of carboxylic acid groups (broad SMARTS) is 2. The number of carboxylic acids is 2. The minimum Gasteiger partial charge on any atom is -0.547 e. The van der Waals surface area contributed by atoms with Gasteiger partial charge < -0.3 is 24.5 Å². The fourth-order valence-corrected chi connectivity index (χ4v) is 1.86. The third-order valence-electron chi connectivity index (χ3n) is 3.09. The molecule has 1 aliphatic heterocycles. The van der Waals surface area contributed by atoms with Gasteiger partial charge in [-0.1, -0.05) is 13.8 Å². The highest BCUT2D eigenvalue weighted by Crippen LogP contribution is 2.41. The van der Waals surface area contributed by atoms with Gasteiger partial charge in [-0.2, -0.15) is 0 Å². The minimum atomic E-state index is -1.52. The van der Waals surface area contributed by atoms with Crippen LogP contribution in [0.3, 0.4) is 0 Å². The van der Waals surface area contributed by atoms with Crippen LogP contribution in [0.2, 0.25) is 0 Å². The molecule has 1 heterocycles. The SMILES string of the molecule is CC(C)[C@@]1(C(=O)[O-])CC[C@@](C)(C(=O)[O-])O1. The zero-order valence-corrected chi connectivity index (χ0v) is 9.03. The molecule has 1 fully saturated rings. The summed E-state index contributed by atoms with van der Waals surface area (Å²) in [5, 5.41) is 21.8. The van der Waals surface area contributed by atoms with Crippen molar-refractivity contribution in [1.29, 1.82) is 0 Å². The maximum absolute atomic E-state index is 11.0. The van der Waals surface area contributed by atoms with Crippen LogP contribution < -0.4 is 10.2 Å². The summed E-state index contributed by atoms with van der Waals surface area (Å²) in [6.07, 6.45) is 0.263. The first-order valence-electron chi connectivity index (χ1n) is 4.88. The summed E-state index contributed by atoms with van der Waals surface area (Å²) in [6.45, 7) is 4.66. The van der Waals surface area contributed by atoms with Crippen LogP contribution in [0.4, 0.5) is 0 Å². The third-order valence-corrected chi connectivity index (χ3v) is 3.09. The van der Waals surface area contributed by atoms with Gasteiger partial charge in [0, 0.05) is 0 Å². The van der Waals surface area contributed by atoms with Crippen LogP contribution in [0.25, 0.3) is 0 Å². The first-order valence-corrected chi connectivity index (χ1v) is 4.88. The van der Waals surface area contributed by atoms with E-state index in [9.17, 15) is 19.8 Å². The predicted molar refractivity (Wildman–Crippen MR) is 46.3 cm³/mol. The number of rotatable bonds is 3. The molecule has 0 amide bonds. The molecule has 1 saturated heterocycles. The first kappa shape index (κ1) is 12.0. The van der Waals surface area contributed by atoms with E-state index in [0.717, 1.165) is 0 Å². The van der Waals surface area contributed by atoms with Gasteiger partial charge in [0.25, 0.3) is 0 Å². The summed E-state index contributed by atoms with van der Waals surface area (Å²) < 4.78 is 5.20. The Balaban J connectivity index is 3.00. The lowest BCUT2D eigenvalue weighted by atomic mass is 9.87. The molecule has 15 heavy (non-hydrogen) atoms. The number of hydrogen-bond donors (Lipinski definition) is 0. The second-order valence-electron chi connectivity index (χ2n) is 4.45. The molecule has 5 nitrogen and oxygen atoms in total. The summed E-state index contributed by atoms with van der Waals surface area (Å²) in [5.74, 6) is -3.09. The Hall–Kier alpha value is -1.10. The van der Waals surface area contributed by atoms with Crippen molar-refractivity contribution in [3.05, 3.63) is 0 Å². The highest BCUT2D eigenvalue weighted by atomic mass is 16.6. The van der Waals surface area contributed by atoms with Crippen LogP contribution in [0.15, 0.2) is 0 Å². The molecule has 0 aromatic heterocycles. The Labute approximate surface area is 88.0 Å². The van der Waals surface area contributed by atoms with Crippen molar-refractivity contribution in [3.63, 3.8) is 0 Å². The Morgan fingerprint density at radius 1 is 1.20 bits per heavy atom. The predicted octanol–water partition coefficient (Wildman–Crippen LogP) is -1.55. The van der Waals surface area contributed by atoms with Gasteiger partial charge in [0.05, 0.1) is 11.9 Å². The van der Waals surface area contributed by atoms with E-state index < -0.39 is 23.1 Å². The lowest BCUT2D eigenvalue weighted by Gasteiger charge is -2.37. The van der Waals surface area contributed by atoms with Gasteiger partial charge >= 0.3 is 0 Å². The smallest absolute Gasteiger partial charge is 0.111 e. The molecule has 0 radical (unpaired) electrons. The normalized spacial score (nSPS) is 35.7. The van der Waals surface area contributed by atoms with Gasteiger partial charge in [0.2, 0.25) is 0 Å². The number of aliphatic carboxylic acids is 2. The number of ether oxygens (including phenoxy) is 1. The second-order valence-corrected chi connectivity index (χ2v) is 4.45. The van der Waals surface area contributed by atoms with E-state index in [0.29, 0.717) is 0 Å². The number of carbonyl (C=O) groups is 2. The summed E-state index contributed by atoms with van der Waals surface area (Å²) in [5.41, 5.74) is -3.03. The minimum absolute atomic E-state index is 0.126. The van der Waals surface area contributed by atoms with Crippen LogP contribution in [-0.4, -0.2) is 23.1 Å². The van der Waals surface area contributed by atoms with Crippen molar-refractivity contribution in [2.45, 2.75) is 44.8 Å². The van der Waals surface area contributed by atoms with Gasteiger partial charge in [0.15, 0.2) is 0 Å². The molecule has 0 aromatic rings. The molecule has 86 valence electrons. The van der Waals surface area contributed by atoms with Crippen LogP contribution in [0.5, 0.6) is 0 Å². The van der Waals surface area contributed by atoms with Crippen molar-refractivity contribution in [3.8, 4) is 0 Å². The fraction of sp³-hybridized carbons (Fsp3) is 0.800. The zero-order chi connectivity index (χ0) is 11.9. The molecule has 0 saturated carbocycles. The Morgan fingerprint density at radius 3 is 1.93 bits per heavy atom. The number of hydrogen-bond acceptors (Lipinski definition) is 5. The molecule has 0 unspecified atom stereocenters. The molecule has 1 aliphatic rings. The molecular formula is C10H14O5-2. The summed E-state index contributed by atoms with van der Waals surface area (Å²) in [7, 11) is 0. The standard InChI is InChI=1S/C10H16O5/c1-6(2)10(8(13)14)5-4-9(3,15-10)7(11)12/h6H,4-5H2,1-3H3,(H,11,12)(H,13,14)/p-2/t9-,10+/m0/s1. The highest BCUT2D eigenvalue weighted by molar-refractivity contribution is 5.80. The van der Waals surface area contributed by atoms with E-state index in [1.54, 1.807) is 13.8 Å². The molecule has 0 aromatic carbocycles. The molecule has 2 atom stereocenters. The van der Waals surface area contributed by atoms with E-state index in [2.05, 4.69) is 0 Å². The number of carbonyl (C=O) groups excluding carboxylic acids is 2. The van der Waals surface area contributed by atoms with Crippen molar-refractivity contribution in [2.24, 2.45) is 5.92 Å². The first-order chi connectivity index (χ1) is 6.74. The third kappa shape index (κ3) is 1.71. The molecule has 1 rings (SSSR count). The fourth-order valence-electron chi connectivity index (χ4n) is 1.86. The summed E-state index contributed by atoms with van der Waals surface area (Å²) >= 11 is 0. The average molecular weight is 214 g/mol. The van der Waals surface area contributed by atoms with Gasteiger partial charge in [-0.05, 0) is 25.7 Å². The second kappa shape index (κ2) is 3.48. The molecule has 0 bridgehead atoms. The lowest BCUT2D eigenvalue weighted by molar-refractivity contribution is -0.343. The Bertz CT molecular complexity index is 298. The van der Waals surface area contributed by atoms with Crippen LogP contribution in [0, 0.1) is 5.92 Å². The van der Waals surface area contributed by atoms with Crippen molar-refractivity contribution in [2.75, 3.05) is 0 Å². The maximum atomic E-state index is 11.0. The monoisotopic (exact) mass is 214 g/mol. The average Bonchev–Trinajstić information content (AvgIpc) is 2.46.